The average molecular weight is 286 g/mol. The van der Waals surface area contributed by atoms with Crippen molar-refractivity contribution in [3.05, 3.63) is 35.4 Å². The smallest absolute Gasteiger partial charge is 0.225 e. The molecule has 19 heavy (non-hydrogen) atoms. The van der Waals surface area contributed by atoms with Crippen molar-refractivity contribution in [2.24, 2.45) is 11.7 Å². The van der Waals surface area contributed by atoms with E-state index in [4.69, 9.17) is 18.0 Å². The van der Waals surface area contributed by atoms with Crippen LogP contribution >= 0.6 is 12.2 Å². The van der Waals surface area contributed by atoms with Crippen LogP contribution in [0.25, 0.3) is 0 Å². The van der Waals surface area contributed by atoms with Gasteiger partial charge in [-0.1, -0.05) is 32.1 Å². The fourth-order valence-corrected chi connectivity index (χ4v) is 1.98. The van der Waals surface area contributed by atoms with Gasteiger partial charge in [-0.05, 0) is 18.1 Å². The third-order valence-electron chi connectivity index (χ3n) is 2.69. The van der Waals surface area contributed by atoms with Crippen molar-refractivity contribution >= 4 is 23.1 Å². The van der Waals surface area contributed by atoms with Gasteiger partial charge in [0, 0.05) is 5.56 Å². The van der Waals surface area contributed by atoms with Gasteiger partial charge in [-0.15, -0.1) is 0 Å². The number of halogens is 2. The van der Waals surface area contributed by atoms with Crippen LogP contribution < -0.4 is 11.1 Å². The summed E-state index contributed by atoms with van der Waals surface area (Å²) in [4.78, 5) is 11.9. The minimum absolute atomic E-state index is 0.00640. The molecule has 1 rings (SSSR count). The summed E-state index contributed by atoms with van der Waals surface area (Å²) in [6.45, 7) is 3.68. The van der Waals surface area contributed by atoms with Crippen LogP contribution in [0.3, 0.4) is 0 Å². The molecule has 0 radical (unpaired) electrons. The number of thiocarbonyl (C=S) groups is 1. The Balaban J connectivity index is 2.78. The topological polar surface area (TPSA) is 55.1 Å². The summed E-state index contributed by atoms with van der Waals surface area (Å²) >= 11 is 4.84. The quantitative estimate of drug-likeness (QED) is 0.813. The van der Waals surface area contributed by atoms with Gasteiger partial charge in [0.25, 0.3) is 0 Å². The highest BCUT2D eigenvalue weighted by atomic mass is 32.1. The molecule has 1 atom stereocenters. The van der Waals surface area contributed by atoms with E-state index in [1.54, 1.807) is 0 Å². The number of amides is 1. The molecule has 3 nitrogen and oxygen atoms in total. The lowest BCUT2D eigenvalue weighted by Crippen LogP contribution is -2.47. The van der Waals surface area contributed by atoms with Crippen LogP contribution in [0.4, 0.5) is 8.78 Å². The maximum Gasteiger partial charge on any atom is 0.225 e. The molecule has 0 saturated heterocycles. The molecule has 6 heteroatoms. The Hall–Kier alpha value is -1.56. The second-order valence-corrected chi connectivity index (χ2v) is 5.04. The molecule has 1 aromatic carbocycles. The standard InChI is InChI=1S/C13H16F2N2OS/c1-7(2)12(13(16)19)17-11(18)6-8-9(14)4-3-5-10(8)15/h3-5,7,12H,6H2,1-2H3,(H2,16,19)(H,17,18). The van der Waals surface area contributed by atoms with Crippen LogP contribution in [0.2, 0.25) is 0 Å². The Morgan fingerprint density at radius 3 is 2.32 bits per heavy atom. The van der Waals surface area contributed by atoms with Crippen LogP contribution in [0.15, 0.2) is 18.2 Å². The summed E-state index contributed by atoms with van der Waals surface area (Å²) in [6, 6.07) is 2.98. The summed E-state index contributed by atoms with van der Waals surface area (Å²) in [5.41, 5.74) is 5.25. The highest BCUT2D eigenvalue weighted by molar-refractivity contribution is 7.80. The first-order valence-electron chi connectivity index (χ1n) is 5.84. The normalized spacial score (nSPS) is 12.3. The number of carbonyl (C=O) groups is 1. The number of carbonyl (C=O) groups excluding carboxylic acids is 1. The van der Waals surface area contributed by atoms with Crippen LogP contribution in [0.1, 0.15) is 19.4 Å². The van der Waals surface area contributed by atoms with Gasteiger partial charge >= 0.3 is 0 Å². The minimum Gasteiger partial charge on any atom is -0.392 e. The molecule has 3 N–H and O–H groups in total. The van der Waals surface area contributed by atoms with Gasteiger partial charge in [0.15, 0.2) is 0 Å². The Morgan fingerprint density at radius 1 is 1.37 bits per heavy atom. The molecule has 1 amide bonds. The number of hydrogen-bond donors (Lipinski definition) is 2. The first kappa shape index (κ1) is 15.5. The van der Waals surface area contributed by atoms with Gasteiger partial charge in [-0.2, -0.15) is 0 Å². The van der Waals surface area contributed by atoms with E-state index in [0.29, 0.717) is 0 Å². The van der Waals surface area contributed by atoms with E-state index in [2.05, 4.69) is 5.32 Å². The predicted octanol–water partition coefficient (Wildman–Crippen LogP) is 1.93. The van der Waals surface area contributed by atoms with Gasteiger partial charge in [-0.25, -0.2) is 8.78 Å². The largest absolute Gasteiger partial charge is 0.392 e. The lowest BCUT2D eigenvalue weighted by atomic mass is 10.0. The SMILES string of the molecule is CC(C)C(NC(=O)Cc1c(F)cccc1F)C(N)=S. The summed E-state index contributed by atoms with van der Waals surface area (Å²) < 4.78 is 26.8. The van der Waals surface area contributed by atoms with Crippen molar-refractivity contribution in [2.45, 2.75) is 26.3 Å². The van der Waals surface area contributed by atoms with Crippen molar-refractivity contribution in [1.82, 2.24) is 5.32 Å². The number of benzene rings is 1. The van der Waals surface area contributed by atoms with E-state index in [9.17, 15) is 13.6 Å². The fourth-order valence-electron chi connectivity index (χ4n) is 1.65. The van der Waals surface area contributed by atoms with Crippen molar-refractivity contribution < 1.29 is 13.6 Å². The second kappa shape index (κ2) is 6.56. The third-order valence-corrected chi connectivity index (χ3v) is 2.94. The average Bonchev–Trinajstić information content (AvgIpc) is 2.30. The summed E-state index contributed by atoms with van der Waals surface area (Å²) in [5, 5.41) is 2.58. The maximum absolute atomic E-state index is 13.4. The summed E-state index contributed by atoms with van der Waals surface area (Å²) in [7, 11) is 0. The van der Waals surface area contributed by atoms with Crippen molar-refractivity contribution in [3.8, 4) is 0 Å². The molecule has 1 unspecified atom stereocenters. The molecule has 0 aliphatic rings. The van der Waals surface area contributed by atoms with Crippen LogP contribution in [0, 0.1) is 17.6 Å². The van der Waals surface area contributed by atoms with Crippen molar-refractivity contribution in [1.29, 1.82) is 0 Å². The fraction of sp³-hybridized carbons (Fsp3) is 0.385. The molecular formula is C13H16F2N2OS. The van der Waals surface area contributed by atoms with Crippen LogP contribution in [0.5, 0.6) is 0 Å². The first-order valence-corrected chi connectivity index (χ1v) is 6.25. The van der Waals surface area contributed by atoms with Crippen LogP contribution in [-0.2, 0) is 11.2 Å². The van der Waals surface area contributed by atoms with Gasteiger partial charge in [0.1, 0.15) is 11.6 Å². The van der Waals surface area contributed by atoms with Gasteiger partial charge in [0.2, 0.25) is 5.91 Å². The zero-order chi connectivity index (χ0) is 14.6. The number of nitrogens with two attached hydrogens (primary N) is 1. The van der Waals surface area contributed by atoms with Crippen molar-refractivity contribution in [3.63, 3.8) is 0 Å². The Labute approximate surface area is 116 Å². The minimum atomic E-state index is -0.744. The van der Waals surface area contributed by atoms with Gasteiger partial charge in [0.05, 0.1) is 17.5 Å². The molecule has 1 aromatic rings. The maximum atomic E-state index is 13.4. The zero-order valence-electron chi connectivity index (χ0n) is 10.7. The van der Waals surface area contributed by atoms with E-state index in [-0.39, 0.29) is 22.9 Å². The van der Waals surface area contributed by atoms with E-state index in [0.717, 1.165) is 12.1 Å². The molecule has 0 fully saturated rings. The highest BCUT2D eigenvalue weighted by Crippen LogP contribution is 2.13. The lowest BCUT2D eigenvalue weighted by molar-refractivity contribution is -0.121. The number of rotatable bonds is 5. The summed E-state index contributed by atoms with van der Waals surface area (Å²) in [6.07, 6.45) is -0.385. The van der Waals surface area contributed by atoms with Gasteiger partial charge in [-0.3, -0.25) is 4.79 Å². The van der Waals surface area contributed by atoms with Gasteiger partial charge < -0.3 is 11.1 Å². The Kier molecular flexibility index (Phi) is 5.35. The van der Waals surface area contributed by atoms with E-state index in [1.165, 1.54) is 6.07 Å². The second-order valence-electron chi connectivity index (χ2n) is 4.57. The monoisotopic (exact) mass is 286 g/mol. The lowest BCUT2D eigenvalue weighted by Gasteiger charge is -2.21. The van der Waals surface area contributed by atoms with Crippen LogP contribution in [-0.4, -0.2) is 16.9 Å². The molecule has 0 heterocycles. The molecule has 0 spiro atoms. The molecule has 0 aliphatic carbocycles. The highest BCUT2D eigenvalue weighted by Gasteiger charge is 2.20. The number of hydrogen-bond acceptors (Lipinski definition) is 2. The van der Waals surface area contributed by atoms with E-state index < -0.39 is 23.6 Å². The molecular weight excluding hydrogens is 270 g/mol. The van der Waals surface area contributed by atoms with E-state index in [1.807, 2.05) is 13.8 Å². The first-order chi connectivity index (χ1) is 8.82. The summed E-state index contributed by atoms with van der Waals surface area (Å²) in [5.74, 6) is -2.00. The predicted molar refractivity (Wildman–Crippen MR) is 73.6 cm³/mol. The molecule has 0 aliphatic heterocycles. The van der Waals surface area contributed by atoms with E-state index >= 15 is 0 Å². The molecule has 0 bridgehead atoms. The Bertz CT molecular complexity index is 471. The zero-order valence-corrected chi connectivity index (χ0v) is 11.6. The molecule has 104 valence electrons. The van der Waals surface area contributed by atoms with Crippen molar-refractivity contribution in [2.75, 3.05) is 0 Å². The molecule has 0 aromatic heterocycles. The number of nitrogens with one attached hydrogen (secondary N) is 1. The molecule has 0 saturated carbocycles. The third kappa shape index (κ3) is 4.24. The Morgan fingerprint density at radius 2 is 1.89 bits per heavy atom.